The van der Waals surface area contributed by atoms with Crippen LogP contribution in [0.4, 0.5) is 0 Å². The molecule has 0 aliphatic carbocycles. The maximum absolute atomic E-state index is 12.9. The fourth-order valence-electron chi connectivity index (χ4n) is 6.27. The summed E-state index contributed by atoms with van der Waals surface area (Å²) in [4.78, 5) is 23.2. The summed E-state index contributed by atoms with van der Waals surface area (Å²) in [5.41, 5.74) is 0. The topological polar surface area (TPSA) is 125 Å². The molecule has 0 bridgehead atoms. The highest BCUT2D eigenvalue weighted by molar-refractivity contribution is 7.47. The molecule has 0 heterocycles. The molecule has 4 atom stereocenters. The van der Waals surface area contributed by atoms with E-state index in [1.54, 1.807) is 0 Å². The number of likely N-dealkylation sites (N-methyl/N-ethyl adjacent to an activating group) is 1. The van der Waals surface area contributed by atoms with Gasteiger partial charge in [-0.2, -0.15) is 0 Å². The Balaban J connectivity index is 4.44. The van der Waals surface area contributed by atoms with Gasteiger partial charge in [0.05, 0.1) is 39.9 Å². The van der Waals surface area contributed by atoms with Crippen LogP contribution in [0.15, 0.2) is 72.9 Å². The van der Waals surface area contributed by atoms with Crippen molar-refractivity contribution in [1.29, 1.82) is 0 Å². The van der Waals surface area contributed by atoms with Gasteiger partial charge in [0.1, 0.15) is 19.3 Å². The van der Waals surface area contributed by atoms with Crippen LogP contribution in [-0.4, -0.2) is 84.6 Å². The number of phosphoric acid groups is 1. The number of amides is 1. The quantitative estimate of drug-likeness (QED) is 0.0209. The van der Waals surface area contributed by atoms with Crippen LogP contribution < -0.4 is 5.32 Å². The number of rotatable bonds is 41. The minimum atomic E-state index is -4.43. The fourth-order valence-corrected chi connectivity index (χ4v) is 7.00. The molecule has 59 heavy (non-hydrogen) atoms. The summed E-state index contributed by atoms with van der Waals surface area (Å²) in [6, 6.07) is -1.06. The average Bonchev–Trinajstić information content (AvgIpc) is 3.19. The smallest absolute Gasteiger partial charge is 0.390 e. The number of aliphatic hydroxyl groups is 2. The number of phosphoric ester groups is 1. The molecule has 0 saturated carbocycles. The highest BCUT2D eigenvalue weighted by atomic mass is 31.2. The number of nitrogens with zero attached hydrogens (tertiary/aromatic N) is 1. The van der Waals surface area contributed by atoms with E-state index < -0.39 is 32.7 Å². The normalized spacial score (nSPS) is 15.5. The average molecular weight is 850 g/mol. The molecule has 0 aromatic carbocycles. The number of hydrogen-bond donors (Lipinski definition) is 4. The first kappa shape index (κ1) is 56.9. The summed E-state index contributed by atoms with van der Waals surface area (Å²) in [5, 5.41) is 24.6. The summed E-state index contributed by atoms with van der Waals surface area (Å²) in [5.74, 6) is -0.281. The van der Waals surface area contributed by atoms with Gasteiger partial charge in [0.2, 0.25) is 5.91 Å². The zero-order valence-corrected chi connectivity index (χ0v) is 39.2. The van der Waals surface area contributed by atoms with Crippen LogP contribution in [0.5, 0.6) is 0 Å². The van der Waals surface area contributed by atoms with Gasteiger partial charge in [0.25, 0.3) is 0 Å². The summed E-state index contributed by atoms with van der Waals surface area (Å²) in [7, 11) is 1.39. The molecular formula is C49H90N2O7P+. The molecule has 4 N–H and O–H groups in total. The molecule has 0 fully saturated rings. The SMILES string of the molecule is CC/C=C\C/C=C\C/C=C\C/C=C\CCCCCCCCCCCCC(=O)NC(COP(=O)(O)OCC[N+](C)(C)C)C(O)C(O)CCC/C=C/CC/C=C/CCCCC. The second-order valence-corrected chi connectivity index (χ2v) is 18.3. The van der Waals surface area contributed by atoms with Crippen LogP contribution in [0, 0.1) is 0 Å². The van der Waals surface area contributed by atoms with Crippen LogP contribution in [0.1, 0.15) is 174 Å². The second-order valence-electron chi connectivity index (χ2n) is 16.9. The van der Waals surface area contributed by atoms with Crippen LogP contribution >= 0.6 is 7.82 Å². The van der Waals surface area contributed by atoms with Gasteiger partial charge in [-0.15, -0.1) is 0 Å². The molecule has 0 spiro atoms. The van der Waals surface area contributed by atoms with Crippen LogP contribution in [-0.2, 0) is 18.4 Å². The maximum atomic E-state index is 12.9. The molecule has 0 rings (SSSR count). The zero-order valence-electron chi connectivity index (χ0n) is 38.3. The van der Waals surface area contributed by atoms with Crippen molar-refractivity contribution in [3.05, 3.63) is 72.9 Å². The molecule has 0 aromatic heterocycles. The summed E-state index contributed by atoms with van der Waals surface area (Å²) in [6.07, 6.45) is 49.7. The molecule has 342 valence electrons. The number of nitrogens with one attached hydrogen (secondary N) is 1. The number of aliphatic hydroxyl groups excluding tert-OH is 2. The number of carbonyl (C=O) groups excluding carboxylic acids is 1. The third-order valence-corrected chi connectivity index (χ3v) is 11.0. The van der Waals surface area contributed by atoms with Gasteiger partial charge >= 0.3 is 7.82 Å². The molecule has 0 aliphatic heterocycles. The largest absolute Gasteiger partial charge is 0.472 e. The van der Waals surface area contributed by atoms with E-state index >= 15 is 0 Å². The molecule has 0 radical (unpaired) electrons. The van der Waals surface area contributed by atoms with Crippen LogP contribution in [0.3, 0.4) is 0 Å². The molecule has 9 nitrogen and oxygen atoms in total. The third kappa shape index (κ3) is 41.0. The van der Waals surface area contributed by atoms with Gasteiger partial charge in [-0.1, -0.05) is 151 Å². The summed E-state index contributed by atoms with van der Waals surface area (Å²) >= 11 is 0. The molecule has 4 unspecified atom stereocenters. The van der Waals surface area contributed by atoms with E-state index in [2.05, 4.69) is 92.1 Å². The van der Waals surface area contributed by atoms with Gasteiger partial charge in [0, 0.05) is 6.42 Å². The molecule has 10 heteroatoms. The van der Waals surface area contributed by atoms with E-state index in [0.717, 1.165) is 77.0 Å². The van der Waals surface area contributed by atoms with Crippen molar-refractivity contribution in [3.63, 3.8) is 0 Å². The first-order valence-electron chi connectivity index (χ1n) is 23.4. The van der Waals surface area contributed by atoms with Crippen molar-refractivity contribution in [2.75, 3.05) is 40.9 Å². The molecule has 0 aromatic rings. The van der Waals surface area contributed by atoms with Crippen molar-refractivity contribution < 1.29 is 38.0 Å². The van der Waals surface area contributed by atoms with E-state index in [9.17, 15) is 24.5 Å². The Morgan fingerprint density at radius 3 is 1.61 bits per heavy atom. The van der Waals surface area contributed by atoms with Gasteiger partial charge in [-0.25, -0.2) is 4.57 Å². The lowest BCUT2D eigenvalue weighted by Gasteiger charge is -2.28. The van der Waals surface area contributed by atoms with Crippen molar-refractivity contribution in [2.45, 2.75) is 193 Å². The second kappa shape index (κ2) is 40.0. The number of hydrogen-bond acceptors (Lipinski definition) is 6. The van der Waals surface area contributed by atoms with E-state index in [-0.39, 0.29) is 18.9 Å². The Morgan fingerprint density at radius 1 is 0.610 bits per heavy atom. The Labute approximate surface area is 362 Å². The lowest BCUT2D eigenvalue weighted by Crippen LogP contribution is -2.51. The van der Waals surface area contributed by atoms with Crippen molar-refractivity contribution >= 4 is 13.7 Å². The van der Waals surface area contributed by atoms with Crippen molar-refractivity contribution in [2.24, 2.45) is 0 Å². The first-order chi connectivity index (χ1) is 28.4. The number of unbranched alkanes of at least 4 members (excludes halogenated alkanes) is 15. The van der Waals surface area contributed by atoms with Crippen LogP contribution in [0.25, 0.3) is 0 Å². The molecule has 0 aliphatic rings. The van der Waals surface area contributed by atoms with E-state index in [1.807, 2.05) is 21.1 Å². The standard InChI is InChI=1S/C49H89N2O7P/c1-6-8-10-12-14-16-18-20-21-22-23-24-25-26-27-28-29-30-32-34-36-38-40-42-48(53)50-46(45-58-59(55,56)57-44-43-51(3,4)5)49(54)47(52)41-39-37-35-33-31-19-17-15-13-11-9-7-2/h8,10,14-17,20-21,23-24,33,35,46-47,49,52,54H,6-7,9,11-13,18-19,22,25-32,34,36-45H2,1-5H3,(H-,50,53,55,56)/p+1/b10-8-,16-14-,17-15+,21-20-,24-23-,35-33+. The maximum Gasteiger partial charge on any atom is 0.472 e. The van der Waals surface area contributed by atoms with Gasteiger partial charge < -0.3 is 24.9 Å². The number of carbonyl (C=O) groups is 1. The lowest BCUT2D eigenvalue weighted by atomic mass is 10.0. The highest BCUT2D eigenvalue weighted by Crippen LogP contribution is 2.43. The van der Waals surface area contributed by atoms with Crippen molar-refractivity contribution in [1.82, 2.24) is 5.32 Å². The highest BCUT2D eigenvalue weighted by Gasteiger charge is 2.31. The predicted octanol–water partition coefficient (Wildman–Crippen LogP) is 12.2. The van der Waals surface area contributed by atoms with Gasteiger partial charge in [-0.05, 0) is 89.9 Å². The number of quaternary nitrogens is 1. The molecule has 0 saturated heterocycles. The molecular weight excluding hydrogens is 760 g/mol. The van der Waals surface area contributed by atoms with Gasteiger partial charge in [-0.3, -0.25) is 13.8 Å². The van der Waals surface area contributed by atoms with E-state index in [1.165, 1.54) is 57.8 Å². The Morgan fingerprint density at radius 2 is 1.07 bits per heavy atom. The van der Waals surface area contributed by atoms with Crippen molar-refractivity contribution in [3.8, 4) is 0 Å². The Hall–Kier alpha value is -2.10. The minimum Gasteiger partial charge on any atom is -0.390 e. The third-order valence-electron chi connectivity index (χ3n) is 10.0. The molecule has 1 amide bonds. The number of allylic oxidation sites excluding steroid dienone is 12. The summed E-state index contributed by atoms with van der Waals surface area (Å²) < 4.78 is 23.5. The monoisotopic (exact) mass is 850 g/mol. The van der Waals surface area contributed by atoms with Crippen LogP contribution in [0.2, 0.25) is 0 Å². The summed E-state index contributed by atoms with van der Waals surface area (Å²) in [6.45, 7) is 4.41. The Kier molecular flexibility index (Phi) is 38.6. The lowest BCUT2D eigenvalue weighted by molar-refractivity contribution is -0.870. The van der Waals surface area contributed by atoms with E-state index in [4.69, 9.17) is 9.05 Å². The predicted molar refractivity (Wildman–Crippen MR) is 250 cm³/mol. The van der Waals surface area contributed by atoms with E-state index in [0.29, 0.717) is 30.3 Å². The minimum absolute atomic E-state index is 0.00942. The zero-order chi connectivity index (χ0) is 43.7. The first-order valence-corrected chi connectivity index (χ1v) is 24.9. The fraction of sp³-hybridized carbons (Fsp3) is 0.735. The Bertz CT molecular complexity index is 1210. The van der Waals surface area contributed by atoms with Gasteiger partial charge in [0.15, 0.2) is 0 Å².